The highest BCUT2D eigenvalue weighted by Crippen LogP contribution is 2.30. The fraction of sp³-hybridized carbons (Fsp3) is 0.407. The van der Waals surface area contributed by atoms with Crippen LogP contribution in [0.1, 0.15) is 46.8 Å². The highest BCUT2D eigenvalue weighted by molar-refractivity contribution is 6.07. The van der Waals surface area contributed by atoms with Gasteiger partial charge >= 0.3 is 0 Å². The number of ether oxygens (including phenoxy) is 1. The number of aryl methyl sites for hydroxylation is 1. The number of rotatable bonds is 6. The summed E-state index contributed by atoms with van der Waals surface area (Å²) in [7, 11) is 0. The number of fused-ring (bicyclic) bond motifs is 1. The minimum Gasteiger partial charge on any atom is -0.381 e. The first-order valence-corrected chi connectivity index (χ1v) is 12.7. The second-order valence-corrected chi connectivity index (χ2v) is 9.93. The Morgan fingerprint density at radius 1 is 1.22 bits per heavy atom. The number of amides is 1. The number of aromatic nitrogens is 5. The number of carbonyl (C=O) groups excluding carboxylic acids is 1. The third kappa shape index (κ3) is 4.64. The smallest absolute Gasteiger partial charge is 0.262 e. The van der Waals surface area contributed by atoms with Crippen molar-refractivity contribution in [2.24, 2.45) is 5.92 Å². The average Bonchev–Trinajstić information content (AvgIpc) is 3.65. The molecule has 6 rings (SSSR count). The summed E-state index contributed by atoms with van der Waals surface area (Å²) in [5.41, 5.74) is 4.05. The number of piperidine rings is 1. The summed E-state index contributed by atoms with van der Waals surface area (Å²) < 4.78 is 9.03. The van der Waals surface area contributed by atoms with Gasteiger partial charge in [-0.05, 0) is 56.8 Å². The van der Waals surface area contributed by atoms with Gasteiger partial charge in [0.2, 0.25) is 0 Å². The standard InChI is InChI=1S/C27H31N7O2/c1-19-5-7-22(8-6-19)34-25(30-27(35)23-15-29-33-12-3-10-28-26(23)33)14-24(31-34)21-4-2-11-32(17-21)16-20-9-13-36-18-20/h3,5-8,10,12,14-15,20-21H,2,4,9,11,13,16-18H2,1H3,(H,30,35). The molecule has 186 valence electrons. The fourth-order valence-electron chi connectivity index (χ4n) is 5.30. The number of hydrogen-bond donors (Lipinski definition) is 1. The Labute approximate surface area is 210 Å². The van der Waals surface area contributed by atoms with Gasteiger partial charge < -0.3 is 15.0 Å². The molecule has 2 saturated heterocycles. The van der Waals surface area contributed by atoms with Crippen LogP contribution in [-0.4, -0.2) is 68.0 Å². The van der Waals surface area contributed by atoms with Crippen molar-refractivity contribution in [3.05, 3.63) is 71.8 Å². The van der Waals surface area contributed by atoms with Crippen molar-refractivity contribution in [2.45, 2.75) is 32.1 Å². The fourth-order valence-corrected chi connectivity index (χ4v) is 5.30. The first-order chi connectivity index (χ1) is 17.6. The van der Waals surface area contributed by atoms with E-state index >= 15 is 0 Å². The zero-order valence-electron chi connectivity index (χ0n) is 20.5. The van der Waals surface area contributed by atoms with E-state index in [0.29, 0.717) is 28.9 Å². The molecule has 2 fully saturated rings. The van der Waals surface area contributed by atoms with Gasteiger partial charge in [0.25, 0.3) is 5.91 Å². The van der Waals surface area contributed by atoms with E-state index in [4.69, 9.17) is 9.84 Å². The van der Waals surface area contributed by atoms with E-state index in [1.54, 1.807) is 29.2 Å². The Morgan fingerprint density at radius 2 is 2.11 bits per heavy atom. The van der Waals surface area contributed by atoms with Gasteiger partial charge in [-0.2, -0.15) is 10.2 Å². The van der Waals surface area contributed by atoms with Crippen molar-refractivity contribution in [1.29, 1.82) is 0 Å². The monoisotopic (exact) mass is 485 g/mol. The number of carbonyl (C=O) groups is 1. The number of benzene rings is 1. The van der Waals surface area contributed by atoms with Crippen LogP contribution in [0.2, 0.25) is 0 Å². The molecule has 2 atom stereocenters. The highest BCUT2D eigenvalue weighted by atomic mass is 16.5. The van der Waals surface area contributed by atoms with Gasteiger partial charge in [-0.25, -0.2) is 14.2 Å². The summed E-state index contributed by atoms with van der Waals surface area (Å²) in [5, 5.41) is 12.4. The lowest BCUT2D eigenvalue weighted by Gasteiger charge is -2.33. The minimum atomic E-state index is -0.255. The number of likely N-dealkylation sites (tertiary alicyclic amines) is 1. The molecule has 3 aromatic heterocycles. The molecule has 0 spiro atoms. The third-order valence-corrected chi connectivity index (χ3v) is 7.24. The molecule has 2 aliphatic heterocycles. The van der Waals surface area contributed by atoms with Gasteiger partial charge in [-0.1, -0.05) is 17.7 Å². The van der Waals surface area contributed by atoms with Gasteiger partial charge in [0.05, 0.1) is 24.2 Å². The summed E-state index contributed by atoms with van der Waals surface area (Å²) >= 11 is 0. The van der Waals surface area contributed by atoms with E-state index in [9.17, 15) is 4.79 Å². The van der Waals surface area contributed by atoms with Crippen molar-refractivity contribution in [3.63, 3.8) is 0 Å². The zero-order valence-corrected chi connectivity index (χ0v) is 20.5. The maximum absolute atomic E-state index is 13.3. The van der Waals surface area contributed by atoms with Gasteiger partial charge in [-0.15, -0.1) is 0 Å². The maximum atomic E-state index is 13.3. The Morgan fingerprint density at radius 3 is 2.94 bits per heavy atom. The summed E-state index contributed by atoms with van der Waals surface area (Å²) in [6.45, 7) is 7.00. The normalized spacial score (nSPS) is 20.7. The maximum Gasteiger partial charge on any atom is 0.262 e. The first-order valence-electron chi connectivity index (χ1n) is 12.7. The number of anilines is 1. The molecule has 1 N–H and O–H groups in total. The molecule has 0 saturated carbocycles. The predicted octanol–water partition coefficient (Wildman–Crippen LogP) is 3.69. The molecule has 9 heteroatoms. The lowest BCUT2D eigenvalue weighted by molar-refractivity contribution is 0.102. The van der Waals surface area contributed by atoms with Crippen LogP contribution in [-0.2, 0) is 4.74 Å². The number of nitrogens with zero attached hydrogens (tertiary/aromatic N) is 6. The Kier molecular flexibility index (Phi) is 6.25. The summed E-state index contributed by atoms with van der Waals surface area (Å²) in [5.74, 6) is 1.34. The van der Waals surface area contributed by atoms with E-state index in [1.165, 1.54) is 5.56 Å². The van der Waals surface area contributed by atoms with Gasteiger partial charge in [-0.3, -0.25) is 4.79 Å². The van der Waals surface area contributed by atoms with Crippen molar-refractivity contribution in [1.82, 2.24) is 29.3 Å². The SMILES string of the molecule is Cc1ccc(-n2nc(C3CCCN(CC4CCOC4)C3)cc2NC(=O)c2cnn3cccnc23)cc1. The first kappa shape index (κ1) is 22.9. The Bertz CT molecular complexity index is 1350. The van der Waals surface area contributed by atoms with E-state index in [2.05, 4.69) is 39.4 Å². The molecule has 4 aromatic rings. The quantitative estimate of drug-likeness (QED) is 0.448. The number of hydrogen-bond acceptors (Lipinski definition) is 6. The molecular weight excluding hydrogens is 454 g/mol. The molecule has 1 amide bonds. The Hall–Kier alpha value is -3.56. The second-order valence-electron chi connectivity index (χ2n) is 9.93. The largest absolute Gasteiger partial charge is 0.381 e. The van der Waals surface area contributed by atoms with Crippen LogP contribution in [0.3, 0.4) is 0 Å². The molecule has 1 aromatic carbocycles. The molecule has 0 bridgehead atoms. The van der Waals surface area contributed by atoms with Gasteiger partial charge in [0.15, 0.2) is 5.65 Å². The minimum absolute atomic E-state index is 0.255. The molecule has 0 radical (unpaired) electrons. The van der Waals surface area contributed by atoms with Gasteiger partial charge in [0, 0.05) is 44.1 Å². The van der Waals surface area contributed by atoms with Crippen LogP contribution >= 0.6 is 0 Å². The van der Waals surface area contributed by atoms with Crippen LogP contribution in [0, 0.1) is 12.8 Å². The molecule has 36 heavy (non-hydrogen) atoms. The summed E-state index contributed by atoms with van der Waals surface area (Å²) in [6.07, 6.45) is 8.38. The summed E-state index contributed by atoms with van der Waals surface area (Å²) in [4.78, 5) is 20.2. The molecule has 2 unspecified atom stereocenters. The lowest BCUT2D eigenvalue weighted by atomic mass is 9.94. The Balaban J connectivity index is 1.28. The molecular formula is C27H31N7O2. The van der Waals surface area contributed by atoms with Crippen LogP contribution in [0.4, 0.5) is 5.82 Å². The third-order valence-electron chi connectivity index (χ3n) is 7.24. The predicted molar refractivity (Wildman–Crippen MR) is 137 cm³/mol. The van der Waals surface area contributed by atoms with E-state index in [1.807, 2.05) is 22.9 Å². The highest BCUT2D eigenvalue weighted by Gasteiger charge is 2.28. The van der Waals surface area contributed by atoms with Crippen molar-refractivity contribution < 1.29 is 9.53 Å². The van der Waals surface area contributed by atoms with Crippen LogP contribution in [0.5, 0.6) is 0 Å². The number of nitrogens with one attached hydrogen (secondary N) is 1. The zero-order chi connectivity index (χ0) is 24.5. The molecule has 2 aliphatic rings. The van der Waals surface area contributed by atoms with E-state index in [-0.39, 0.29) is 5.91 Å². The van der Waals surface area contributed by atoms with Crippen molar-refractivity contribution in [2.75, 3.05) is 38.2 Å². The van der Waals surface area contributed by atoms with Crippen molar-refractivity contribution >= 4 is 17.4 Å². The molecule has 9 nitrogen and oxygen atoms in total. The van der Waals surface area contributed by atoms with Crippen LogP contribution in [0.25, 0.3) is 11.3 Å². The van der Waals surface area contributed by atoms with Crippen LogP contribution in [0.15, 0.2) is 55.0 Å². The van der Waals surface area contributed by atoms with E-state index in [0.717, 1.165) is 63.5 Å². The summed E-state index contributed by atoms with van der Waals surface area (Å²) in [6, 6.07) is 12.0. The topological polar surface area (TPSA) is 89.6 Å². The van der Waals surface area contributed by atoms with Crippen molar-refractivity contribution in [3.8, 4) is 5.69 Å². The average molecular weight is 486 g/mol. The molecule has 0 aliphatic carbocycles. The van der Waals surface area contributed by atoms with E-state index < -0.39 is 0 Å². The van der Waals surface area contributed by atoms with Gasteiger partial charge in [0.1, 0.15) is 11.4 Å². The van der Waals surface area contributed by atoms with Crippen LogP contribution < -0.4 is 5.32 Å². The molecule has 5 heterocycles. The lowest BCUT2D eigenvalue weighted by Crippen LogP contribution is -2.38. The second kappa shape index (κ2) is 9.83.